The van der Waals surface area contributed by atoms with Gasteiger partial charge in [0, 0.05) is 23.6 Å². The zero-order valence-corrected chi connectivity index (χ0v) is 12.7. The minimum Gasteiger partial charge on any atom is -0.376 e. The Hall–Kier alpha value is -1.72. The van der Waals surface area contributed by atoms with Gasteiger partial charge in [-0.25, -0.2) is 0 Å². The summed E-state index contributed by atoms with van der Waals surface area (Å²) >= 11 is 8.00. The minimum atomic E-state index is -0.412. The third-order valence-corrected chi connectivity index (χ3v) is 4.88. The van der Waals surface area contributed by atoms with E-state index in [0.717, 1.165) is 11.5 Å². The first-order valence-corrected chi connectivity index (χ1v) is 8.04. The molecular formula is C15H13ClN2O2S. The molecule has 4 nitrogen and oxygen atoms in total. The number of nitrogens with zero attached hydrogens (tertiary/aromatic N) is 1. The minimum absolute atomic E-state index is 0.0404. The van der Waals surface area contributed by atoms with Crippen molar-refractivity contribution >= 4 is 34.7 Å². The molecule has 1 atom stereocenters. The molecule has 0 aromatic heterocycles. The molecule has 1 N–H and O–H groups in total. The molecule has 108 valence electrons. The number of nitro benzene ring substituents is 1. The fraction of sp³-hybridized carbons (Fsp3) is 0.200. The van der Waals surface area contributed by atoms with Crippen LogP contribution in [0.5, 0.6) is 0 Å². The van der Waals surface area contributed by atoms with Crippen LogP contribution in [0.3, 0.4) is 0 Å². The van der Waals surface area contributed by atoms with E-state index in [1.807, 2.05) is 23.9 Å². The van der Waals surface area contributed by atoms with Gasteiger partial charge in [0.15, 0.2) is 0 Å². The standard InChI is InChI=1S/C15H13ClN2O2S/c16-13-6-5-11(18(19)20)7-14(13)17-15-9-21-8-10-3-1-2-4-12(10)15/h1-7,15,17H,8-9H2. The second-order valence-electron chi connectivity index (χ2n) is 4.83. The highest BCUT2D eigenvalue weighted by atomic mass is 35.5. The number of anilines is 1. The summed E-state index contributed by atoms with van der Waals surface area (Å²) in [4.78, 5) is 10.5. The Labute approximate surface area is 131 Å². The molecule has 0 saturated carbocycles. The summed E-state index contributed by atoms with van der Waals surface area (Å²) in [5.74, 6) is 1.91. The van der Waals surface area contributed by atoms with Crippen molar-refractivity contribution in [2.75, 3.05) is 11.1 Å². The van der Waals surface area contributed by atoms with E-state index in [-0.39, 0.29) is 11.7 Å². The van der Waals surface area contributed by atoms with Gasteiger partial charge in [0.25, 0.3) is 5.69 Å². The fourth-order valence-corrected chi connectivity index (χ4v) is 3.70. The molecule has 1 heterocycles. The first kappa shape index (κ1) is 14.2. The van der Waals surface area contributed by atoms with Crippen LogP contribution in [-0.4, -0.2) is 10.7 Å². The average molecular weight is 321 g/mol. The van der Waals surface area contributed by atoms with E-state index in [9.17, 15) is 10.1 Å². The van der Waals surface area contributed by atoms with Crippen molar-refractivity contribution in [2.24, 2.45) is 0 Å². The van der Waals surface area contributed by atoms with Crippen LogP contribution in [0.15, 0.2) is 42.5 Å². The van der Waals surface area contributed by atoms with Crippen molar-refractivity contribution in [3.63, 3.8) is 0 Å². The summed E-state index contributed by atoms with van der Waals surface area (Å²) in [5, 5.41) is 14.7. The smallest absolute Gasteiger partial charge is 0.271 e. The van der Waals surface area contributed by atoms with Crippen LogP contribution in [0.2, 0.25) is 5.02 Å². The molecule has 6 heteroatoms. The van der Waals surface area contributed by atoms with Crippen LogP contribution < -0.4 is 5.32 Å². The topological polar surface area (TPSA) is 55.2 Å². The van der Waals surface area contributed by atoms with Crippen LogP contribution in [-0.2, 0) is 5.75 Å². The Balaban J connectivity index is 1.91. The van der Waals surface area contributed by atoms with E-state index in [1.165, 1.54) is 23.3 Å². The van der Waals surface area contributed by atoms with Crippen molar-refractivity contribution in [1.82, 2.24) is 0 Å². The summed E-state index contributed by atoms with van der Waals surface area (Å²) < 4.78 is 0. The molecule has 0 fully saturated rings. The number of fused-ring (bicyclic) bond motifs is 1. The molecule has 0 aliphatic carbocycles. The molecule has 2 aromatic rings. The van der Waals surface area contributed by atoms with E-state index in [4.69, 9.17) is 11.6 Å². The van der Waals surface area contributed by atoms with E-state index in [2.05, 4.69) is 17.4 Å². The molecule has 1 unspecified atom stereocenters. The van der Waals surface area contributed by atoms with Crippen molar-refractivity contribution in [3.05, 3.63) is 68.7 Å². The zero-order chi connectivity index (χ0) is 14.8. The third kappa shape index (κ3) is 2.99. The Kier molecular flexibility index (Phi) is 4.03. The van der Waals surface area contributed by atoms with E-state index in [0.29, 0.717) is 10.7 Å². The average Bonchev–Trinajstić information content (AvgIpc) is 2.49. The van der Waals surface area contributed by atoms with Gasteiger partial charge < -0.3 is 5.32 Å². The number of halogens is 1. The van der Waals surface area contributed by atoms with Crippen molar-refractivity contribution < 1.29 is 4.92 Å². The third-order valence-electron chi connectivity index (χ3n) is 3.46. The van der Waals surface area contributed by atoms with Gasteiger partial charge in [-0.1, -0.05) is 35.9 Å². The normalized spacial score (nSPS) is 17.1. The number of benzene rings is 2. The van der Waals surface area contributed by atoms with Crippen LogP contribution >= 0.6 is 23.4 Å². The number of hydrogen-bond acceptors (Lipinski definition) is 4. The monoisotopic (exact) mass is 320 g/mol. The lowest BCUT2D eigenvalue weighted by molar-refractivity contribution is -0.384. The Morgan fingerprint density at radius 1 is 1.29 bits per heavy atom. The lowest BCUT2D eigenvalue weighted by atomic mass is 10.0. The van der Waals surface area contributed by atoms with Gasteiger partial charge in [0.2, 0.25) is 0 Å². The molecule has 1 aliphatic rings. The number of rotatable bonds is 3. The van der Waals surface area contributed by atoms with Crippen LogP contribution in [0, 0.1) is 10.1 Å². The number of nitro groups is 1. The highest BCUT2D eigenvalue weighted by Crippen LogP contribution is 2.36. The summed E-state index contributed by atoms with van der Waals surface area (Å²) in [6.07, 6.45) is 0. The lowest BCUT2D eigenvalue weighted by Crippen LogP contribution is -2.18. The van der Waals surface area contributed by atoms with Gasteiger partial charge in [0.1, 0.15) is 0 Å². The molecule has 0 amide bonds. The summed E-state index contributed by atoms with van der Waals surface area (Å²) in [6.45, 7) is 0. The van der Waals surface area contributed by atoms with Crippen LogP contribution in [0.1, 0.15) is 17.2 Å². The summed E-state index contributed by atoms with van der Waals surface area (Å²) in [6, 6.07) is 12.8. The molecule has 21 heavy (non-hydrogen) atoms. The van der Waals surface area contributed by atoms with Crippen molar-refractivity contribution in [1.29, 1.82) is 0 Å². The van der Waals surface area contributed by atoms with Gasteiger partial charge in [-0.15, -0.1) is 0 Å². The SMILES string of the molecule is O=[N+]([O-])c1ccc(Cl)c(NC2CSCc3ccccc32)c1. The quantitative estimate of drug-likeness (QED) is 0.660. The molecule has 3 rings (SSSR count). The predicted octanol–water partition coefficient (Wildman–Crippen LogP) is 4.65. The van der Waals surface area contributed by atoms with Gasteiger partial charge in [-0.3, -0.25) is 10.1 Å². The molecule has 0 bridgehead atoms. The van der Waals surface area contributed by atoms with E-state index >= 15 is 0 Å². The molecule has 1 aliphatic heterocycles. The number of hydrogen-bond donors (Lipinski definition) is 1. The lowest BCUT2D eigenvalue weighted by Gasteiger charge is -2.27. The first-order chi connectivity index (χ1) is 10.1. The van der Waals surface area contributed by atoms with Crippen LogP contribution in [0.25, 0.3) is 0 Å². The highest BCUT2D eigenvalue weighted by Gasteiger charge is 2.21. The maximum absolute atomic E-state index is 10.9. The largest absolute Gasteiger partial charge is 0.376 e. The maximum Gasteiger partial charge on any atom is 0.271 e. The van der Waals surface area contributed by atoms with E-state index < -0.39 is 4.92 Å². The van der Waals surface area contributed by atoms with E-state index in [1.54, 1.807) is 6.07 Å². The second-order valence-corrected chi connectivity index (χ2v) is 6.27. The second kappa shape index (κ2) is 5.95. The molecule has 0 spiro atoms. The van der Waals surface area contributed by atoms with Gasteiger partial charge in [-0.2, -0.15) is 11.8 Å². The molecule has 0 saturated heterocycles. The zero-order valence-electron chi connectivity index (χ0n) is 11.1. The van der Waals surface area contributed by atoms with Crippen molar-refractivity contribution in [3.8, 4) is 0 Å². The highest BCUT2D eigenvalue weighted by molar-refractivity contribution is 7.98. The predicted molar refractivity (Wildman–Crippen MR) is 87.1 cm³/mol. The Morgan fingerprint density at radius 2 is 2.10 bits per heavy atom. The number of thioether (sulfide) groups is 1. The fourth-order valence-electron chi connectivity index (χ4n) is 2.43. The first-order valence-electron chi connectivity index (χ1n) is 6.51. The summed E-state index contributed by atoms with van der Waals surface area (Å²) in [5.41, 5.74) is 3.18. The van der Waals surface area contributed by atoms with Crippen molar-refractivity contribution in [2.45, 2.75) is 11.8 Å². The Morgan fingerprint density at radius 3 is 2.90 bits per heavy atom. The van der Waals surface area contributed by atoms with Gasteiger partial charge >= 0.3 is 0 Å². The molecule has 2 aromatic carbocycles. The Bertz CT molecular complexity index is 693. The number of nitrogens with one attached hydrogen (secondary N) is 1. The van der Waals surface area contributed by atoms with Gasteiger partial charge in [-0.05, 0) is 17.2 Å². The molecular weight excluding hydrogens is 308 g/mol. The number of non-ortho nitro benzene ring substituents is 1. The van der Waals surface area contributed by atoms with Crippen LogP contribution in [0.4, 0.5) is 11.4 Å². The van der Waals surface area contributed by atoms with Gasteiger partial charge in [0.05, 0.1) is 21.7 Å². The molecule has 0 radical (unpaired) electrons. The maximum atomic E-state index is 10.9. The summed E-state index contributed by atoms with van der Waals surface area (Å²) in [7, 11) is 0.